The van der Waals surface area contributed by atoms with Gasteiger partial charge in [0, 0.05) is 34.9 Å². The molecule has 0 unspecified atom stereocenters. The first kappa shape index (κ1) is 22.1. The van der Waals surface area contributed by atoms with E-state index in [1.54, 1.807) is 40.0 Å². The lowest BCUT2D eigenvalue weighted by Crippen LogP contribution is -2.23. The first-order valence-electron chi connectivity index (χ1n) is 9.70. The molecule has 1 fully saturated rings. The molecule has 0 radical (unpaired) electrons. The van der Waals surface area contributed by atoms with E-state index in [9.17, 15) is 9.59 Å². The molecule has 0 bridgehead atoms. The monoisotopic (exact) mass is 395 g/mol. The molecule has 6 heteroatoms. The summed E-state index contributed by atoms with van der Waals surface area (Å²) in [6, 6.07) is 5.43. The highest BCUT2D eigenvalue weighted by molar-refractivity contribution is 6.01. The molecule has 1 aliphatic carbocycles. The van der Waals surface area contributed by atoms with E-state index >= 15 is 0 Å². The summed E-state index contributed by atoms with van der Waals surface area (Å²) in [5.74, 6) is 0.526. The van der Waals surface area contributed by atoms with Gasteiger partial charge in [0.2, 0.25) is 5.91 Å². The van der Waals surface area contributed by atoms with Gasteiger partial charge in [-0.1, -0.05) is 25.6 Å². The van der Waals surface area contributed by atoms with Crippen LogP contribution in [0.1, 0.15) is 45.6 Å². The Morgan fingerprint density at radius 3 is 2.52 bits per heavy atom. The lowest BCUT2D eigenvalue weighted by molar-refractivity contribution is -0.121. The van der Waals surface area contributed by atoms with Crippen LogP contribution in [-0.2, 0) is 9.59 Å². The normalized spacial score (nSPS) is 14.6. The quantitative estimate of drug-likeness (QED) is 0.312. The van der Waals surface area contributed by atoms with Gasteiger partial charge in [0.15, 0.2) is 11.5 Å². The van der Waals surface area contributed by atoms with E-state index in [1.807, 2.05) is 12.1 Å². The number of ether oxygens (including phenoxy) is 1. The highest BCUT2D eigenvalue weighted by Gasteiger charge is 2.29. The number of hydrogen-bond donors (Lipinski definition) is 3. The zero-order valence-electron chi connectivity index (χ0n) is 17.5. The van der Waals surface area contributed by atoms with E-state index in [2.05, 4.69) is 17.2 Å². The molecule has 1 aromatic rings. The number of benzene rings is 1. The predicted molar refractivity (Wildman–Crippen MR) is 116 cm³/mol. The van der Waals surface area contributed by atoms with Gasteiger partial charge < -0.3 is 20.8 Å². The van der Waals surface area contributed by atoms with Crippen LogP contribution in [-0.4, -0.2) is 24.5 Å². The fourth-order valence-electron chi connectivity index (χ4n) is 2.94. The van der Waals surface area contributed by atoms with Crippen molar-refractivity contribution in [2.45, 2.75) is 40.0 Å². The Morgan fingerprint density at radius 2 is 2.00 bits per heavy atom. The average Bonchev–Trinajstić information content (AvgIpc) is 3.53. The zero-order chi connectivity index (χ0) is 21.6. The third kappa shape index (κ3) is 5.67. The van der Waals surface area contributed by atoms with Gasteiger partial charge in [-0.2, -0.15) is 0 Å². The molecule has 1 aliphatic rings. The van der Waals surface area contributed by atoms with Crippen molar-refractivity contribution in [2.24, 2.45) is 5.92 Å². The summed E-state index contributed by atoms with van der Waals surface area (Å²) in [6.07, 6.45) is 5.40. The number of carbonyl (C=O) groups is 2. The van der Waals surface area contributed by atoms with Crippen LogP contribution < -0.4 is 15.4 Å². The molecule has 0 saturated heterocycles. The first-order valence-corrected chi connectivity index (χ1v) is 9.70. The van der Waals surface area contributed by atoms with Crippen LogP contribution in [0.25, 0.3) is 0 Å². The van der Waals surface area contributed by atoms with Gasteiger partial charge in [0.25, 0.3) is 0 Å². The maximum atomic E-state index is 12.5. The number of amides is 1. The number of nitrogens with one attached hydrogen (secondary N) is 3. The van der Waals surface area contributed by atoms with Gasteiger partial charge in [-0.3, -0.25) is 9.59 Å². The van der Waals surface area contributed by atoms with Crippen molar-refractivity contribution in [1.29, 1.82) is 5.41 Å². The van der Waals surface area contributed by atoms with Crippen LogP contribution >= 0.6 is 0 Å². The van der Waals surface area contributed by atoms with E-state index in [0.717, 1.165) is 12.8 Å². The summed E-state index contributed by atoms with van der Waals surface area (Å²) in [5, 5.41) is 14.1. The van der Waals surface area contributed by atoms with Gasteiger partial charge in [-0.15, -0.1) is 0 Å². The third-order valence-electron chi connectivity index (χ3n) is 4.64. The van der Waals surface area contributed by atoms with Gasteiger partial charge in [-0.25, -0.2) is 0 Å². The molecule has 1 aromatic carbocycles. The van der Waals surface area contributed by atoms with Crippen LogP contribution in [0.5, 0.6) is 5.75 Å². The fraction of sp³-hybridized carbons (Fsp3) is 0.348. The number of ketones is 1. The Kier molecular flexibility index (Phi) is 7.53. The maximum Gasteiger partial charge on any atom is 0.227 e. The lowest BCUT2D eigenvalue weighted by atomic mass is 10.0. The van der Waals surface area contributed by atoms with E-state index in [4.69, 9.17) is 10.1 Å². The van der Waals surface area contributed by atoms with Gasteiger partial charge in [-0.05, 0) is 44.9 Å². The minimum absolute atomic E-state index is 0.000852. The summed E-state index contributed by atoms with van der Waals surface area (Å²) in [5.41, 5.74) is 3.21. The largest absolute Gasteiger partial charge is 0.494 e. The Balaban J connectivity index is 2.48. The summed E-state index contributed by atoms with van der Waals surface area (Å²) in [4.78, 5) is 24.6. The fourth-order valence-corrected chi connectivity index (χ4v) is 2.94. The zero-order valence-corrected chi connectivity index (χ0v) is 17.5. The minimum atomic E-state index is -0.0709. The first-order chi connectivity index (χ1) is 13.8. The molecular weight excluding hydrogens is 366 g/mol. The molecule has 1 amide bonds. The second kappa shape index (κ2) is 9.87. The maximum absolute atomic E-state index is 12.5. The van der Waals surface area contributed by atoms with Crippen molar-refractivity contribution < 1.29 is 14.3 Å². The Bertz CT molecular complexity index is 893. The van der Waals surface area contributed by atoms with E-state index in [0.29, 0.717) is 46.1 Å². The second-order valence-electron chi connectivity index (χ2n) is 7.04. The highest BCUT2D eigenvalue weighted by atomic mass is 16.5. The summed E-state index contributed by atoms with van der Waals surface area (Å²) < 4.78 is 5.52. The number of para-hydroxylation sites is 1. The van der Waals surface area contributed by atoms with Crippen molar-refractivity contribution in [2.75, 3.05) is 12.4 Å². The van der Waals surface area contributed by atoms with Crippen molar-refractivity contribution in [3.8, 4) is 5.75 Å². The van der Waals surface area contributed by atoms with Crippen LogP contribution in [0, 0.1) is 11.3 Å². The van der Waals surface area contributed by atoms with Gasteiger partial charge in [0.1, 0.15) is 0 Å². The molecule has 6 nitrogen and oxygen atoms in total. The molecule has 0 spiro atoms. The number of methoxy groups -OCH3 is 1. The van der Waals surface area contributed by atoms with E-state index in [1.165, 1.54) is 6.08 Å². The van der Waals surface area contributed by atoms with Crippen molar-refractivity contribution in [3.63, 3.8) is 0 Å². The van der Waals surface area contributed by atoms with E-state index < -0.39 is 0 Å². The lowest BCUT2D eigenvalue weighted by Gasteiger charge is -2.17. The number of allylic oxidation sites excluding steroid dienone is 4. The summed E-state index contributed by atoms with van der Waals surface area (Å²) in [6.45, 7) is 9.05. The standard InChI is InChI=1S/C23H29N3O3/c1-6-17(21(27)7-2)20(13-14(3)25-23(28)16-11-12-16)26-19-10-8-9-18(15(4)24)22(19)29-5/h6,8-10,13,16,24,26H,1,7,11-12H2,2-5H3,(H,25,28)/b14-13+,20-17-,24-15?. The molecule has 154 valence electrons. The molecule has 2 rings (SSSR count). The number of hydrogen-bond acceptors (Lipinski definition) is 5. The minimum Gasteiger partial charge on any atom is -0.494 e. The topological polar surface area (TPSA) is 91.3 Å². The second-order valence-corrected chi connectivity index (χ2v) is 7.04. The SMILES string of the molecule is C=C/C(C(=O)CC)=C(\C=C(/C)NC(=O)C1CC1)Nc1cccc(C(C)=N)c1OC. The number of anilines is 1. The number of Topliss-reactive ketones (excluding diaryl/α,β-unsaturated/α-hetero) is 1. The van der Waals surface area contributed by atoms with Crippen LogP contribution in [0.2, 0.25) is 0 Å². The number of carbonyl (C=O) groups excluding carboxylic acids is 2. The molecule has 0 heterocycles. The highest BCUT2D eigenvalue weighted by Crippen LogP contribution is 2.32. The van der Waals surface area contributed by atoms with E-state index in [-0.39, 0.29) is 17.6 Å². The molecular formula is C23H29N3O3. The summed E-state index contributed by atoms with van der Waals surface area (Å²) in [7, 11) is 1.54. The van der Waals surface area contributed by atoms with Gasteiger partial charge in [0.05, 0.1) is 18.5 Å². The van der Waals surface area contributed by atoms with Crippen LogP contribution in [0.15, 0.2) is 53.9 Å². The van der Waals surface area contributed by atoms with Crippen molar-refractivity contribution in [1.82, 2.24) is 5.32 Å². The van der Waals surface area contributed by atoms with Crippen LogP contribution in [0.4, 0.5) is 5.69 Å². The van der Waals surface area contributed by atoms with Crippen molar-refractivity contribution in [3.05, 3.63) is 59.5 Å². The Labute approximate surface area is 172 Å². The number of rotatable bonds is 10. The smallest absolute Gasteiger partial charge is 0.227 e. The van der Waals surface area contributed by atoms with Gasteiger partial charge >= 0.3 is 0 Å². The molecule has 0 atom stereocenters. The molecule has 29 heavy (non-hydrogen) atoms. The Morgan fingerprint density at radius 1 is 1.31 bits per heavy atom. The molecule has 0 aromatic heterocycles. The Hall–Kier alpha value is -3.15. The predicted octanol–water partition coefficient (Wildman–Crippen LogP) is 4.34. The summed E-state index contributed by atoms with van der Waals surface area (Å²) >= 11 is 0. The molecule has 1 saturated carbocycles. The third-order valence-corrected chi connectivity index (χ3v) is 4.64. The van der Waals surface area contributed by atoms with Crippen LogP contribution in [0.3, 0.4) is 0 Å². The molecule has 0 aliphatic heterocycles. The molecule has 3 N–H and O–H groups in total. The van der Waals surface area contributed by atoms with Crippen molar-refractivity contribution >= 4 is 23.1 Å². The average molecular weight is 396 g/mol.